The number of methoxy groups -OCH3 is 3. The van der Waals surface area contributed by atoms with Crippen LogP contribution in [0.25, 0.3) is 22.3 Å². The number of benzene rings is 3. The number of hydrogen-bond acceptors (Lipinski definition) is 8. The maximum Gasteiger partial charge on any atom is 0.375 e. The lowest BCUT2D eigenvalue weighted by Crippen LogP contribution is -2.34. The molecule has 1 aromatic heterocycles. The summed E-state index contributed by atoms with van der Waals surface area (Å²) in [6.45, 7) is 2.13. The number of anilines is 2. The second kappa shape index (κ2) is 11.7. The molecule has 244 valence electrons. The Kier molecular flexibility index (Phi) is 7.53. The first kappa shape index (κ1) is 30.8. The van der Waals surface area contributed by atoms with Crippen molar-refractivity contribution in [3.8, 4) is 28.6 Å². The molecule has 7 rings (SSSR count). The Morgan fingerprint density at radius 3 is 2.27 bits per heavy atom. The van der Waals surface area contributed by atoms with Gasteiger partial charge in [0.05, 0.1) is 38.6 Å². The number of nitrogens with zero attached hydrogens (tertiary/aromatic N) is 4. The van der Waals surface area contributed by atoms with Crippen LogP contribution in [0, 0.1) is 17.7 Å². The molecule has 0 saturated carbocycles. The zero-order valence-electron chi connectivity index (χ0n) is 26.4. The van der Waals surface area contributed by atoms with Crippen LogP contribution in [0.2, 0.25) is 0 Å². The van der Waals surface area contributed by atoms with Gasteiger partial charge in [-0.25, -0.2) is 18.9 Å². The molecule has 1 saturated heterocycles. The average molecular weight is 653 g/mol. The Morgan fingerprint density at radius 1 is 0.875 bits per heavy atom. The maximum absolute atomic E-state index is 14.7. The highest BCUT2D eigenvalue weighted by Gasteiger charge is 2.49. The van der Waals surface area contributed by atoms with Crippen molar-refractivity contribution >= 4 is 40.3 Å². The van der Waals surface area contributed by atoms with Crippen LogP contribution in [0.4, 0.5) is 25.4 Å². The minimum absolute atomic E-state index is 0.00392. The molecule has 3 aromatic carbocycles. The molecule has 3 heterocycles. The minimum atomic E-state index is -0.938. The number of fused-ring (bicyclic) bond motifs is 2. The summed E-state index contributed by atoms with van der Waals surface area (Å²) in [6, 6.07) is 11.7. The quantitative estimate of drug-likeness (QED) is 0.198. The Hall–Kier alpha value is -5.85. The number of urea groups is 2. The molecule has 0 bridgehead atoms. The second-order valence-corrected chi connectivity index (χ2v) is 11.8. The fourth-order valence-electron chi connectivity index (χ4n) is 7.07. The molecule has 0 spiro atoms. The van der Waals surface area contributed by atoms with E-state index in [-0.39, 0.29) is 51.9 Å². The summed E-state index contributed by atoms with van der Waals surface area (Å²) in [5, 5.41) is 6.80. The second-order valence-electron chi connectivity index (χ2n) is 11.8. The number of carbonyl (C=O) groups excluding carboxylic acids is 3. The molecule has 12 nitrogen and oxygen atoms in total. The molecule has 48 heavy (non-hydrogen) atoms. The van der Waals surface area contributed by atoms with Gasteiger partial charge in [-0.15, -0.1) is 0 Å². The third-order valence-corrected chi connectivity index (χ3v) is 9.09. The summed E-state index contributed by atoms with van der Waals surface area (Å²) >= 11 is 0. The third kappa shape index (κ3) is 4.89. The van der Waals surface area contributed by atoms with Gasteiger partial charge in [0.2, 0.25) is 5.91 Å². The van der Waals surface area contributed by atoms with E-state index in [2.05, 4.69) is 10.2 Å². The Labute approximate surface area is 273 Å². The highest BCUT2D eigenvalue weighted by atomic mass is 19.1. The summed E-state index contributed by atoms with van der Waals surface area (Å²) < 4.78 is 37.9. The SMILES string of the molecule is COc1ccc(-c2cc(=O)c3c(OC)c(C4C=C(C)CC5CN(c6cc(F)ccc6N6C(=O)N=NC6=O)C(=O)C54)c(OC)cc3o2)cc1. The van der Waals surface area contributed by atoms with E-state index in [0.29, 0.717) is 39.7 Å². The zero-order valence-corrected chi connectivity index (χ0v) is 26.4. The van der Waals surface area contributed by atoms with E-state index in [1.807, 2.05) is 13.0 Å². The molecule has 4 aromatic rings. The van der Waals surface area contributed by atoms with E-state index in [0.717, 1.165) is 17.7 Å². The predicted octanol–water partition coefficient (Wildman–Crippen LogP) is 6.85. The van der Waals surface area contributed by atoms with Crippen LogP contribution < -0.4 is 29.4 Å². The van der Waals surface area contributed by atoms with Crippen LogP contribution in [-0.2, 0) is 4.79 Å². The molecule has 3 unspecified atom stereocenters. The van der Waals surface area contributed by atoms with Crippen molar-refractivity contribution in [3.05, 3.63) is 87.9 Å². The number of hydrogen-bond donors (Lipinski definition) is 0. The fraction of sp³-hybridized carbons (Fsp3) is 0.257. The van der Waals surface area contributed by atoms with Crippen molar-refractivity contribution in [1.82, 2.24) is 0 Å². The van der Waals surface area contributed by atoms with Crippen molar-refractivity contribution in [2.75, 3.05) is 37.7 Å². The van der Waals surface area contributed by atoms with Crippen LogP contribution >= 0.6 is 0 Å². The number of azo groups is 1. The normalized spacial score (nSPS) is 20.4. The standard InChI is InChI=1S/C35H29FN4O8/c1-17-11-19-16-39(24-13-20(36)7-10-23(24)40-34(43)37-38-35(40)44)33(42)29(19)22(12-17)30-27(46-3)15-28-31(32(30)47-4)25(41)14-26(48-28)18-5-8-21(45-2)9-6-18/h5-10,12-15,19,22,29H,11,16H2,1-4H3. The fourth-order valence-corrected chi connectivity index (χ4v) is 7.07. The van der Waals surface area contributed by atoms with E-state index in [1.165, 1.54) is 31.3 Å². The van der Waals surface area contributed by atoms with E-state index in [4.69, 9.17) is 18.6 Å². The molecule has 3 atom stereocenters. The number of carbonyl (C=O) groups is 3. The Morgan fingerprint density at radius 2 is 1.60 bits per heavy atom. The lowest BCUT2D eigenvalue weighted by molar-refractivity contribution is -0.121. The third-order valence-electron chi connectivity index (χ3n) is 9.09. The number of ether oxygens (including phenoxy) is 3. The van der Waals surface area contributed by atoms with Gasteiger partial charge in [0.25, 0.3) is 0 Å². The smallest absolute Gasteiger partial charge is 0.375 e. The first-order chi connectivity index (χ1) is 23.1. The number of rotatable bonds is 7. The van der Waals surface area contributed by atoms with Gasteiger partial charge in [-0.05, 0) is 61.7 Å². The molecule has 13 heteroatoms. The molecule has 0 N–H and O–H groups in total. The molecular formula is C35H29FN4O8. The van der Waals surface area contributed by atoms with Gasteiger partial charge in [-0.2, -0.15) is 0 Å². The molecule has 1 aliphatic carbocycles. The maximum atomic E-state index is 14.7. The van der Waals surface area contributed by atoms with Gasteiger partial charge in [-0.3, -0.25) is 9.59 Å². The first-order valence-electron chi connectivity index (χ1n) is 15.1. The lowest BCUT2D eigenvalue weighted by Gasteiger charge is -2.32. The number of imide groups is 1. The largest absolute Gasteiger partial charge is 0.497 e. The molecule has 0 radical (unpaired) electrons. The Bertz CT molecular complexity index is 2120. The minimum Gasteiger partial charge on any atom is -0.497 e. The predicted molar refractivity (Wildman–Crippen MR) is 173 cm³/mol. The van der Waals surface area contributed by atoms with E-state index in [1.54, 1.807) is 37.4 Å². The van der Waals surface area contributed by atoms with Crippen LogP contribution in [-0.4, -0.2) is 45.8 Å². The molecule has 1 fully saturated rings. The monoisotopic (exact) mass is 652 g/mol. The van der Waals surface area contributed by atoms with E-state index in [9.17, 15) is 23.6 Å². The highest BCUT2D eigenvalue weighted by Crippen LogP contribution is 2.52. The zero-order chi connectivity index (χ0) is 33.9. The van der Waals surface area contributed by atoms with E-state index >= 15 is 0 Å². The molecule has 3 aliphatic rings. The number of halogens is 1. The number of allylic oxidation sites excluding steroid dienone is 2. The lowest BCUT2D eigenvalue weighted by atomic mass is 9.71. The van der Waals surface area contributed by atoms with Gasteiger partial charge < -0.3 is 23.5 Å². The van der Waals surface area contributed by atoms with Crippen LogP contribution in [0.3, 0.4) is 0 Å². The molecular weight excluding hydrogens is 623 g/mol. The highest BCUT2D eigenvalue weighted by molar-refractivity contribution is 6.19. The van der Waals surface area contributed by atoms with Crippen molar-refractivity contribution in [2.45, 2.75) is 19.3 Å². The molecule has 5 amide bonds. The summed E-state index contributed by atoms with van der Waals surface area (Å²) in [7, 11) is 4.48. The van der Waals surface area contributed by atoms with Crippen LogP contribution in [0.5, 0.6) is 17.2 Å². The first-order valence-corrected chi connectivity index (χ1v) is 15.1. The Balaban J connectivity index is 1.34. The van der Waals surface area contributed by atoms with Gasteiger partial charge in [0.15, 0.2) is 5.43 Å². The average Bonchev–Trinajstić information content (AvgIpc) is 3.60. The number of amides is 5. The van der Waals surface area contributed by atoms with Gasteiger partial charge in [0.1, 0.15) is 39.8 Å². The topological polar surface area (TPSA) is 140 Å². The van der Waals surface area contributed by atoms with Crippen molar-refractivity contribution in [2.24, 2.45) is 22.1 Å². The summed E-state index contributed by atoms with van der Waals surface area (Å²) in [6.07, 6.45) is 2.52. The summed E-state index contributed by atoms with van der Waals surface area (Å²) in [4.78, 5) is 55.1. The van der Waals surface area contributed by atoms with Crippen molar-refractivity contribution < 1.29 is 37.4 Å². The molecule has 2 aliphatic heterocycles. The van der Waals surface area contributed by atoms with Gasteiger partial charge >= 0.3 is 12.1 Å². The van der Waals surface area contributed by atoms with Crippen molar-refractivity contribution in [1.29, 1.82) is 0 Å². The van der Waals surface area contributed by atoms with Gasteiger partial charge in [-0.1, -0.05) is 21.9 Å². The summed E-state index contributed by atoms with van der Waals surface area (Å²) in [5.41, 5.74) is 2.07. The summed E-state index contributed by atoms with van der Waals surface area (Å²) in [5.74, 6) is -1.02. The van der Waals surface area contributed by atoms with Gasteiger partial charge in [0, 0.05) is 35.7 Å². The van der Waals surface area contributed by atoms with Crippen molar-refractivity contribution in [3.63, 3.8) is 0 Å². The van der Waals surface area contributed by atoms with Crippen LogP contribution in [0.15, 0.2) is 85.7 Å². The van der Waals surface area contributed by atoms with E-state index < -0.39 is 29.7 Å². The van der Waals surface area contributed by atoms with Crippen LogP contribution in [0.1, 0.15) is 24.8 Å².